The van der Waals surface area contributed by atoms with Crippen LogP contribution in [0.3, 0.4) is 0 Å². The van der Waals surface area contributed by atoms with E-state index in [1.54, 1.807) is 6.20 Å². The van der Waals surface area contributed by atoms with E-state index in [1.165, 1.54) is 5.56 Å². The highest BCUT2D eigenvalue weighted by Gasteiger charge is 2.43. The van der Waals surface area contributed by atoms with Crippen LogP contribution in [0.5, 0.6) is 0 Å². The fourth-order valence-electron chi connectivity index (χ4n) is 3.27. The summed E-state index contributed by atoms with van der Waals surface area (Å²) in [7, 11) is 0. The number of rotatable bonds is 2. The zero-order chi connectivity index (χ0) is 11.9. The minimum absolute atomic E-state index is 0.0469. The van der Waals surface area contributed by atoms with E-state index in [0.717, 1.165) is 44.2 Å². The SMILES string of the molecule is NC1(C(=O)C2CCc3cccnc32)CCCC1. The smallest absolute Gasteiger partial charge is 0.161 e. The molecule has 3 nitrogen and oxygen atoms in total. The molecule has 1 aromatic rings. The van der Waals surface area contributed by atoms with Crippen LogP contribution in [0.25, 0.3) is 0 Å². The molecule has 1 heterocycles. The van der Waals surface area contributed by atoms with Crippen molar-refractivity contribution in [3.8, 4) is 0 Å². The topological polar surface area (TPSA) is 56.0 Å². The number of pyridine rings is 1. The molecule has 2 aliphatic rings. The van der Waals surface area contributed by atoms with Crippen LogP contribution in [0.4, 0.5) is 0 Å². The number of aromatic nitrogens is 1. The van der Waals surface area contributed by atoms with Gasteiger partial charge in [0.2, 0.25) is 0 Å². The maximum absolute atomic E-state index is 12.6. The predicted molar refractivity (Wildman–Crippen MR) is 65.7 cm³/mol. The number of aryl methyl sites for hydroxylation is 1. The van der Waals surface area contributed by atoms with Gasteiger partial charge < -0.3 is 5.73 Å². The van der Waals surface area contributed by atoms with E-state index in [-0.39, 0.29) is 11.7 Å². The molecule has 1 fully saturated rings. The highest BCUT2D eigenvalue weighted by atomic mass is 16.1. The molecule has 0 aromatic carbocycles. The Morgan fingerprint density at radius 2 is 2.18 bits per heavy atom. The molecule has 0 spiro atoms. The van der Waals surface area contributed by atoms with Gasteiger partial charge in [0.25, 0.3) is 0 Å². The van der Waals surface area contributed by atoms with E-state index in [1.807, 2.05) is 6.07 Å². The van der Waals surface area contributed by atoms with Crippen molar-refractivity contribution in [2.75, 3.05) is 0 Å². The third-order valence-corrected chi connectivity index (χ3v) is 4.26. The van der Waals surface area contributed by atoms with Crippen LogP contribution in [-0.2, 0) is 11.2 Å². The first-order chi connectivity index (χ1) is 8.21. The number of fused-ring (bicyclic) bond motifs is 1. The number of carbonyl (C=O) groups excluding carboxylic acids is 1. The minimum atomic E-state index is -0.566. The lowest BCUT2D eigenvalue weighted by atomic mass is 9.84. The highest BCUT2D eigenvalue weighted by molar-refractivity contribution is 5.94. The third-order valence-electron chi connectivity index (χ3n) is 4.26. The molecule has 2 aliphatic carbocycles. The van der Waals surface area contributed by atoms with Gasteiger partial charge in [0, 0.05) is 6.20 Å². The number of ketones is 1. The van der Waals surface area contributed by atoms with Gasteiger partial charge >= 0.3 is 0 Å². The second-order valence-electron chi connectivity index (χ2n) is 5.37. The first-order valence-corrected chi connectivity index (χ1v) is 6.48. The largest absolute Gasteiger partial charge is 0.319 e. The maximum Gasteiger partial charge on any atom is 0.161 e. The molecule has 1 atom stereocenters. The number of nitrogens with two attached hydrogens (primary N) is 1. The summed E-state index contributed by atoms with van der Waals surface area (Å²) in [6.45, 7) is 0. The lowest BCUT2D eigenvalue weighted by Gasteiger charge is -2.25. The van der Waals surface area contributed by atoms with Gasteiger partial charge in [0.05, 0.1) is 17.2 Å². The molecule has 0 saturated heterocycles. The number of nitrogens with zero attached hydrogens (tertiary/aromatic N) is 1. The second kappa shape index (κ2) is 3.91. The van der Waals surface area contributed by atoms with Gasteiger partial charge in [-0.05, 0) is 37.3 Å². The average molecular weight is 230 g/mol. The molecule has 0 aliphatic heterocycles. The van der Waals surface area contributed by atoms with Gasteiger partial charge in [0.1, 0.15) is 0 Å². The Labute approximate surface area is 101 Å². The van der Waals surface area contributed by atoms with Gasteiger partial charge in [-0.15, -0.1) is 0 Å². The highest BCUT2D eigenvalue weighted by Crippen LogP contribution is 2.38. The fourth-order valence-corrected chi connectivity index (χ4v) is 3.27. The zero-order valence-electron chi connectivity index (χ0n) is 9.98. The number of carbonyl (C=O) groups is 1. The van der Waals surface area contributed by atoms with Crippen molar-refractivity contribution in [2.45, 2.75) is 50.0 Å². The van der Waals surface area contributed by atoms with Crippen LogP contribution in [-0.4, -0.2) is 16.3 Å². The van der Waals surface area contributed by atoms with Gasteiger partial charge in [-0.3, -0.25) is 9.78 Å². The van der Waals surface area contributed by atoms with Crippen LogP contribution in [0, 0.1) is 0 Å². The van der Waals surface area contributed by atoms with E-state index in [0.29, 0.717) is 0 Å². The molecule has 0 bridgehead atoms. The van der Waals surface area contributed by atoms with Crippen molar-refractivity contribution < 1.29 is 4.79 Å². The monoisotopic (exact) mass is 230 g/mol. The molecular formula is C14H18N2O. The minimum Gasteiger partial charge on any atom is -0.319 e. The average Bonchev–Trinajstić information content (AvgIpc) is 2.95. The van der Waals surface area contributed by atoms with Crippen molar-refractivity contribution in [3.63, 3.8) is 0 Å². The molecule has 3 heteroatoms. The van der Waals surface area contributed by atoms with Crippen LogP contribution in [0.15, 0.2) is 18.3 Å². The Bertz CT molecular complexity index is 449. The Balaban J connectivity index is 1.89. The fraction of sp³-hybridized carbons (Fsp3) is 0.571. The van der Waals surface area contributed by atoms with Crippen molar-refractivity contribution in [1.82, 2.24) is 4.98 Å². The summed E-state index contributed by atoms with van der Waals surface area (Å²) < 4.78 is 0. The van der Waals surface area contributed by atoms with Crippen LogP contribution in [0.1, 0.15) is 49.3 Å². The van der Waals surface area contributed by atoms with Gasteiger partial charge in [-0.25, -0.2) is 0 Å². The molecule has 1 unspecified atom stereocenters. The summed E-state index contributed by atoms with van der Waals surface area (Å²) in [5, 5.41) is 0. The van der Waals surface area contributed by atoms with Crippen LogP contribution < -0.4 is 5.73 Å². The van der Waals surface area contributed by atoms with Crippen molar-refractivity contribution >= 4 is 5.78 Å². The van der Waals surface area contributed by atoms with Gasteiger partial charge in [-0.1, -0.05) is 18.9 Å². The number of Topliss-reactive ketones (excluding diaryl/α,β-unsaturated/α-hetero) is 1. The van der Waals surface area contributed by atoms with Crippen molar-refractivity contribution in [2.24, 2.45) is 5.73 Å². The standard InChI is InChI=1S/C14H18N2O/c15-14(7-1-2-8-14)13(17)11-6-5-10-4-3-9-16-12(10)11/h3-4,9,11H,1-2,5-8,15H2. The number of hydrogen-bond acceptors (Lipinski definition) is 3. The second-order valence-corrected chi connectivity index (χ2v) is 5.37. The van der Waals surface area contributed by atoms with Gasteiger partial charge in [0.15, 0.2) is 5.78 Å². The first-order valence-electron chi connectivity index (χ1n) is 6.48. The Hall–Kier alpha value is -1.22. The molecule has 0 amide bonds. The van der Waals surface area contributed by atoms with E-state index in [2.05, 4.69) is 11.1 Å². The summed E-state index contributed by atoms with van der Waals surface area (Å²) in [5.74, 6) is 0.182. The molecule has 90 valence electrons. The van der Waals surface area contributed by atoms with Crippen LogP contribution >= 0.6 is 0 Å². The van der Waals surface area contributed by atoms with E-state index in [9.17, 15) is 4.79 Å². The molecule has 0 radical (unpaired) electrons. The summed E-state index contributed by atoms with van der Waals surface area (Å²) in [6, 6.07) is 4.02. The molecule has 3 rings (SSSR count). The van der Waals surface area contributed by atoms with Crippen LogP contribution in [0.2, 0.25) is 0 Å². The quantitative estimate of drug-likeness (QED) is 0.844. The Morgan fingerprint density at radius 3 is 2.94 bits per heavy atom. The summed E-state index contributed by atoms with van der Waals surface area (Å²) >= 11 is 0. The van der Waals surface area contributed by atoms with Crippen molar-refractivity contribution in [3.05, 3.63) is 29.6 Å². The summed E-state index contributed by atoms with van der Waals surface area (Å²) in [5.41, 5.74) is 7.91. The van der Waals surface area contributed by atoms with E-state index >= 15 is 0 Å². The van der Waals surface area contributed by atoms with E-state index in [4.69, 9.17) is 5.73 Å². The molecule has 17 heavy (non-hydrogen) atoms. The molecule has 1 aromatic heterocycles. The third kappa shape index (κ3) is 1.69. The first kappa shape index (κ1) is 10.9. The molecule has 1 saturated carbocycles. The Kier molecular flexibility index (Phi) is 2.51. The molecule has 2 N–H and O–H groups in total. The van der Waals surface area contributed by atoms with Gasteiger partial charge in [-0.2, -0.15) is 0 Å². The van der Waals surface area contributed by atoms with E-state index < -0.39 is 5.54 Å². The maximum atomic E-state index is 12.6. The number of hydrogen-bond donors (Lipinski definition) is 1. The lowest BCUT2D eigenvalue weighted by molar-refractivity contribution is -0.125. The zero-order valence-corrected chi connectivity index (χ0v) is 9.98. The van der Waals surface area contributed by atoms with Crippen molar-refractivity contribution in [1.29, 1.82) is 0 Å². The lowest BCUT2D eigenvalue weighted by Crippen LogP contribution is -2.47. The predicted octanol–water partition coefficient (Wildman–Crippen LogP) is 1.95. The normalized spacial score (nSPS) is 25.8. The summed E-state index contributed by atoms with van der Waals surface area (Å²) in [4.78, 5) is 17.0. The summed E-state index contributed by atoms with van der Waals surface area (Å²) in [6.07, 6.45) is 7.52. The molecular weight excluding hydrogens is 212 g/mol. The Morgan fingerprint density at radius 1 is 1.41 bits per heavy atom.